The first kappa shape index (κ1) is 22.9. The molecule has 2 aromatic rings. The summed E-state index contributed by atoms with van der Waals surface area (Å²) < 4.78 is 6.43. The monoisotopic (exact) mass is 419 g/mol. The Kier molecular flexibility index (Phi) is 8.25. The zero-order valence-electron chi connectivity index (χ0n) is 17.6. The van der Waals surface area contributed by atoms with Crippen LogP contribution in [0.25, 0.3) is 10.9 Å². The lowest BCUT2D eigenvalue weighted by Crippen LogP contribution is -2.43. The molecule has 0 fully saturated rings. The molecule has 0 unspecified atom stereocenters. The van der Waals surface area contributed by atoms with Crippen molar-refractivity contribution >= 4 is 34.5 Å². The van der Waals surface area contributed by atoms with E-state index in [0.29, 0.717) is 22.5 Å². The number of nitrogens with zero attached hydrogens (tertiary/aromatic N) is 2. The highest BCUT2D eigenvalue weighted by molar-refractivity contribution is 7.99. The van der Waals surface area contributed by atoms with Crippen molar-refractivity contribution in [3.8, 4) is 0 Å². The number of benzene rings is 1. The van der Waals surface area contributed by atoms with E-state index < -0.39 is 12.0 Å². The van der Waals surface area contributed by atoms with Crippen LogP contribution in [0.15, 0.2) is 34.2 Å². The van der Waals surface area contributed by atoms with Gasteiger partial charge in [0.15, 0.2) is 5.16 Å². The number of esters is 1. The number of aromatic nitrogens is 2. The van der Waals surface area contributed by atoms with Gasteiger partial charge >= 0.3 is 5.97 Å². The number of fused-ring (bicyclic) bond motifs is 1. The number of carbonyl (C=O) groups excluding carboxylic acids is 2. The molecule has 2 rings (SSSR count). The number of hydrogen-bond acceptors (Lipinski definition) is 6. The molecule has 0 saturated carbocycles. The topological polar surface area (TPSA) is 90.3 Å². The van der Waals surface area contributed by atoms with Gasteiger partial charge in [0.25, 0.3) is 5.56 Å². The number of amides is 1. The van der Waals surface area contributed by atoms with Gasteiger partial charge in [-0.25, -0.2) is 9.78 Å². The van der Waals surface area contributed by atoms with Gasteiger partial charge in [0.05, 0.1) is 23.8 Å². The van der Waals surface area contributed by atoms with Crippen molar-refractivity contribution in [2.24, 2.45) is 5.92 Å². The van der Waals surface area contributed by atoms with E-state index >= 15 is 0 Å². The lowest BCUT2D eigenvalue weighted by molar-refractivity contribution is -0.145. The molecule has 29 heavy (non-hydrogen) atoms. The van der Waals surface area contributed by atoms with Crippen LogP contribution in [0.3, 0.4) is 0 Å². The molecule has 1 aromatic heterocycles. The summed E-state index contributed by atoms with van der Waals surface area (Å²) in [6.07, 6.45) is 1.26. The number of thioether (sulfide) groups is 1. The number of ether oxygens (including phenoxy) is 1. The Morgan fingerprint density at radius 2 is 1.93 bits per heavy atom. The van der Waals surface area contributed by atoms with Gasteiger partial charge < -0.3 is 10.1 Å². The third-order valence-electron chi connectivity index (χ3n) is 4.67. The summed E-state index contributed by atoms with van der Waals surface area (Å²) in [6, 6.07) is 6.46. The van der Waals surface area contributed by atoms with E-state index in [1.54, 1.807) is 16.7 Å². The molecule has 7 nitrogen and oxygen atoms in total. The van der Waals surface area contributed by atoms with Crippen LogP contribution in [0, 0.1) is 5.92 Å². The van der Waals surface area contributed by atoms with Crippen molar-refractivity contribution < 1.29 is 14.3 Å². The van der Waals surface area contributed by atoms with Crippen LogP contribution in [-0.4, -0.2) is 40.3 Å². The number of hydrogen-bond donors (Lipinski definition) is 1. The van der Waals surface area contributed by atoms with Gasteiger partial charge in [-0.1, -0.05) is 44.7 Å². The average molecular weight is 420 g/mol. The van der Waals surface area contributed by atoms with Gasteiger partial charge in [-0.3, -0.25) is 14.2 Å². The van der Waals surface area contributed by atoms with Crippen LogP contribution < -0.4 is 10.9 Å². The van der Waals surface area contributed by atoms with E-state index in [1.165, 1.54) is 18.9 Å². The average Bonchev–Trinajstić information content (AvgIpc) is 2.70. The largest absolute Gasteiger partial charge is 0.467 e. The SMILES string of the molecule is CC[C@@H](C)n1c(SCC(=O)N[C@H](CC(C)C)C(=O)OC)nc2ccccc2c1=O. The third-order valence-corrected chi connectivity index (χ3v) is 5.62. The van der Waals surface area contributed by atoms with Crippen LogP contribution in [0.2, 0.25) is 0 Å². The molecule has 0 spiro atoms. The fraction of sp³-hybridized carbons (Fsp3) is 0.524. The van der Waals surface area contributed by atoms with Crippen molar-refractivity contribution in [2.45, 2.75) is 57.8 Å². The van der Waals surface area contributed by atoms with Gasteiger partial charge in [0, 0.05) is 6.04 Å². The first-order valence-electron chi connectivity index (χ1n) is 9.79. The van der Waals surface area contributed by atoms with Crippen LogP contribution in [0.4, 0.5) is 0 Å². The number of para-hydroxylation sites is 1. The molecule has 0 aliphatic rings. The second-order valence-electron chi connectivity index (χ2n) is 7.41. The second-order valence-corrected chi connectivity index (χ2v) is 8.35. The summed E-state index contributed by atoms with van der Waals surface area (Å²) in [5.41, 5.74) is 0.493. The van der Waals surface area contributed by atoms with Crippen LogP contribution >= 0.6 is 11.8 Å². The molecule has 1 N–H and O–H groups in total. The highest BCUT2D eigenvalue weighted by Crippen LogP contribution is 2.22. The number of rotatable bonds is 9. The quantitative estimate of drug-likeness (QED) is 0.381. The predicted molar refractivity (Wildman–Crippen MR) is 115 cm³/mol. The van der Waals surface area contributed by atoms with Gasteiger partial charge in [-0.05, 0) is 37.8 Å². The molecule has 2 atom stereocenters. The van der Waals surface area contributed by atoms with Gasteiger partial charge in [-0.2, -0.15) is 0 Å². The van der Waals surface area contributed by atoms with Crippen LogP contribution in [0.5, 0.6) is 0 Å². The Balaban J connectivity index is 2.23. The molecule has 0 aliphatic carbocycles. The molecule has 158 valence electrons. The van der Waals surface area contributed by atoms with Crippen molar-refractivity contribution in [3.05, 3.63) is 34.6 Å². The van der Waals surface area contributed by atoms with Crippen molar-refractivity contribution in [2.75, 3.05) is 12.9 Å². The molecule has 0 aliphatic heterocycles. The zero-order valence-corrected chi connectivity index (χ0v) is 18.4. The molecule has 1 amide bonds. The maximum atomic E-state index is 13.0. The first-order valence-corrected chi connectivity index (χ1v) is 10.8. The first-order chi connectivity index (χ1) is 13.8. The summed E-state index contributed by atoms with van der Waals surface area (Å²) >= 11 is 1.20. The smallest absolute Gasteiger partial charge is 0.328 e. The number of carbonyl (C=O) groups is 2. The fourth-order valence-corrected chi connectivity index (χ4v) is 3.90. The minimum absolute atomic E-state index is 0.0473. The zero-order chi connectivity index (χ0) is 21.6. The maximum absolute atomic E-state index is 13.0. The molecule has 0 radical (unpaired) electrons. The minimum Gasteiger partial charge on any atom is -0.467 e. The molecule has 1 heterocycles. The van der Waals surface area contributed by atoms with Gasteiger partial charge in [0.1, 0.15) is 6.04 Å². The molecule has 8 heteroatoms. The summed E-state index contributed by atoms with van der Waals surface area (Å²) in [6.45, 7) is 7.90. The Labute approximate surface area is 175 Å². The van der Waals surface area contributed by atoms with E-state index in [2.05, 4.69) is 10.3 Å². The van der Waals surface area contributed by atoms with Crippen LogP contribution in [-0.2, 0) is 14.3 Å². The summed E-state index contributed by atoms with van der Waals surface area (Å²) in [4.78, 5) is 42.0. The van der Waals surface area contributed by atoms with Crippen molar-refractivity contribution in [3.63, 3.8) is 0 Å². The molecular formula is C21H29N3O4S. The molecular weight excluding hydrogens is 390 g/mol. The number of nitrogens with one attached hydrogen (secondary N) is 1. The van der Waals surface area contributed by atoms with Crippen molar-refractivity contribution in [1.82, 2.24) is 14.9 Å². The highest BCUT2D eigenvalue weighted by atomic mass is 32.2. The Morgan fingerprint density at radius 3 is 2.55 bits per heavy atom. The van der Waals surface area contributed by atoms with Gasteiger partial charge in [0.2, 0.25) is 5.91 Å². The van der Waals surface area contributed by atoms with E-state index in [-0.39, 0.29) is 29.2 Å². The molecule has 0 bridgehead atoms. The Morgan fingerprint density at radius 1 is 1.24 bits per heavy atom. The normalized spacial score (nSPS) is 13.3. The third kappa shape index (κ3) is 5.82. The molecule has 0 saturated heterocycles. The minimum atomic E-state index is -0.686. The predicted octanol–water partition coefficient (Wildman–Crippen LogP) is 3.16. The Bertz CT molecular complexity index is 926. The highest BCUT2D eigenvalue weighted by Gasteiger charge is 2.23. The van der Waals surface area contributed by atoms with Crippen LogP contribution in [0.1, 0.15) is 46.6 Å². The second kappa shape index (κ2) is 10.4. The van der Waals surface area contributed by atoms with E-state index in [0.717, 1.165) is 6.42 Å². The summed E-state index contributed by atoms with van der Waals surface area (Å²) in [7, 11) is 1.31. The summed E-state index contributed by atoms with van der Waals surface area (Å²) in [5, 5.41) is 3.79. The fourth-order valence-electron chi connectivity index (χ4n) is 2.99. The van der Waals surface area contributed by atoms with Crippen molar-refractivity contribution in [1.29, 1.82) is 0 Å². The standard InChI is InChI=1S/C21H29N3O4S/c1-6-14(4)24-19(26)15-9-7-8-10-16(15)23-21(24)29-12-18(25)22-17(11-13(2)3)20(27)28-5/h7-10,13-14,17H,6,11-12H2,1-5H3,(H,22,25)/t14-,17-/m1/s1. The summed E-state index contributed by atoms with van der Waals surface area (Å²) in [5.74, 6) is -0.487. The van der Waals surface area contributed by atoms with E-state index in [4.69, 9.17) is 4.74 Å². The lowest BCUT2D eigenvalue weighted by atomic mass is 10.0. The van der Waals surface area contributed by atoms with Gasteiger partial charge in [-0.15, -0.1) is 0 Å². The molecule has 1 aromatic carbocycles. The maximum Gasteiger partial charge on any atom is 0.328 e. The number of methoxy groups -OCH3 is 1. The van der Waals surface area contributed by atoms with E-state index in [1.807, 2.05) is 39.8 Å². The van der Waals surface area contributed by atoms with E-state index in [9.17, 15) is 14.4 Å². The lowest BCUT2D eigenvalue weighted by Gasteiger charge is -2.20. The Hall–Kier alpha value is -2.35.